The first-order chi connectivity index (χ1) is 11.5. The van der Waals surface area contributed by atoms with E-state index in [2.05, 4.69) is 10.1 Å². The Morgan fingerprint density at radius 2 is 1.92 bits per heavy atom. The van der Waals surface area contributed by atoms with Crippen LogP contribution in [0, 0.1) is 0 Å². The predicted molar refractivity (Wildman–Crippen MR) is 78.8 cm³/mol. The van der Waals surface area contributed by atoms with Gasteiger partial charge in [0, 0.05) is 6.54 Å². The summed E-state index contributed by atoms with van der Waals surface area (Å²) in [5.74, 6) is -1.08. The van der Waals surface area contributed by atoms with E-state index in [1.54, 1.807) is 12.1 Å². The lowest BCUT2D eigenvalue weighted by atomic mass is 10.1. The maximum atomic E-state index is 12.0. The van der Waals surface area contributed by atoms with Gasteiger partial charge in [0.1, 0.15) is 5.75 Å². The minimum atomic E-state index is -2.86. The average Bonchev–Trinajstić information content (AvgIpc) is 3.08. The number of carbonyl (C=O) groups excluding carboxylic acids is 2. The lowest BCUT2D eigenvalue weighted by Gasteiger charge is -2.07. The highest BCUT2D eigenvalue weighted by Crippen LogP contribution is 2.14. The highest BCUT2D eigenvalue weighted by atomic mass is 19.3. The average molecular weight is 339 g/mol. The van der Waals surface area contributed by atoms with Crippen LogP contribution in [0.25, 0.3) is 0 Å². The number of furan rings is 1. The molecule has 0 spiro atoms. The molecule has 0 bridgehead atoms. The second-order valence-electron chi connectivity index (χ2n) is 4.68. The Morgan fingerprint density at radius 3 is 2.54 bits per heavy atom. The van der Waals surface area contributed by atoms with Gasteiger partial charge in [-0.25, -0.2) is 4.79 Å². The number of esters is 1. The summed E-state index contributed by atoms with van der Waals surface area (Å²) < 4.78 is 37.9. The molecule has 0 aliphatic heterocycles. The van der Waals surface area contributed by atoms with E-state index < -0.39 is 25.1 Å². The van der Waals surface area contributed by atoms with Gasteiger partial charge in [-0.3, -0.25) is 4.79 Å². The first-order valence-corrected chi connectivity index (χ1v) is 7.05. The van der Waals surface area contributed by atoms with Crippen LogP contribution in [0.15, 0.2) is 47.1 Å². The molecule has 0 aliphatic carbocycles. The summed E-state index contributed by atoms with van der Waals surface area (Å²) in [4.78, 5) is 23.0. The Kier molecular flexibility index (Phi) is 6.30. The summed E-state index contributed by atoms with van der Waals surface area (Å²) in [6.07, 6.45) is 1.82. The fraction of sp³-hybridized carbons (Fsp3) is 0.250. The van der Waals surface area contributed by atoms with Crippen molar-refractivity contribution in [2.75, 3.05) is 13.2 Å². The van der Waals surface area contributed by atoms with E-state index >= 15 is 0 Å². The van der Waals surface area contributed by atoms with E-state index in [1.807, 2.05) is 0 Å². The Balaban J connectivity index is 1.66. The van der Waals surface area contributed by atoms with Crippen molar-refractivity contribution >= 4 is 11.9 Å². The Hall–Kier alpha value is -2.90. The molecule has 1 N–H and O–H groups in total. The fourth-order valence-corrected chi connectivity index (χ4v) is 1.83. The second kappa shape index (κ2) is 8.66. The molecule has 2 aromatic rings. The molecule has 0 unspecified atom stereocenters. The number of nitrogens with one attached hydrogen (secondary N) is 1. The molecular formula is C16H15F2NO5. The van der Waals surface area contributed by atoms with Crippen LogP contribution in [-0.4, -0.2) is 31.6 Å². The van der Waals surface area contributed by atoms with Crippen LogP contribution in [0.3, 0.4) is 0 Å². The van der Waals surface area contributed by atoms with E-state index in [4.69, 9.17) is 9.15 Å². The summed E-state index contributed by atoms with van der Waals surface area (Å²) in [6.45, 7) is -2.97. The van der Waals surface area contributed by atoms with Gasteiger partial charge in [-0.1, -0.05) is 12.1 Å². The molecule has 0 saturated heterocycles. The summed E-state index contributed by atoms with van der Waals surface area (Å²) in [7, 11) is 0. The zero-order chi connectivity index (χ0) is 17.4. The van der Waals surface area contributed by atoms with Gasteiger partial charge in [0.25, 0.3) is 5.91 Å². The molecule has 1 aromatic heterocycles. The molecule has 0 fully saturated rings. The van der Waals surface area contributed by atoms with Crippen LogP contribution in [-0.2, 0) is 16.0 Å². The zero-order valence-electron chi connectivity index (χ0n) is 12.5. The third-order valence-corrected chi connectivity index (χ3v) is 2.94. The van der Waals surface area contributed by atoms with Crippen molar-refractivity contribution in [3.8, 4) is 5.75 Å². The van der Waals surface area contributed by atoms with Crippen molar-refractivity contribution < 1.29 is 32.3 Å². The van der Waals surface area contributed by atoms with Crippen molar-refractivity contribution in [2.24, 2.45) is 0 Å². The number of alkyl halides is 2. The zero-order valence-corrected chi connectivity index (χ0v) is 12.5. The monoisotopic (exact) mass is 339 g/mol. The van der Waals surface area contributed by atoms with E-state index in [-0.39, 0.29) is 11.5 Å². The SMILES string of the molecule is O=C(COC(=O)c1ccco1)NCCc1ccc(OC(F)F)cc1. The first-order valence-electron chi connectivity index (χ1n) is 7.05. The lowest BCUT2D eigenvalue weighted by molar-refractivity contribution is -0.124. The molecule has 128 valence electrons. The van der Waals surface area contributed by atoms with Crippen LogP contribution < -0.4 is 10.1 Å². The third kappa shape index (κ3) is 5.71. The molecule has 2 rings (SSSR count). The Bertz CT molecular complexity index is 656. The topological polar surface area (TPSA) is 77.8 Å². The number of benzene rings is 1. The number of carbonyl (C=O) groups is 2. The van der Waals surface area contributed by atoms with Crippen molar-refractivity contribution in [3.63, 3.8) is 0 Å². The van der Waals surface area contributed by atoms with Gasteiger partial charge >= 0.3 is 12.6 Å². The summed E-state index contributed by atoms with van der Waals surface area (Å²) >= 11 is 0. The fourth-order valence-electron chi connectivity index (χ4n) is 1.83. The predicted octanol–water partition coefficient (Wildman–Crippen LogP) is 2.40. The quantitative estimate of drug-likeness (QED) is 0.747. The van der Waals surface area contributed by atoms with Crippen molar-refractivity contribution in [2.45, 2.75) is 13.0 Å². The molecule has 1 heterocycles. The van der Waals surface area contributed by atoms with Crippen molar-refractivity contribution in [3.05, 3.63) is 54.0 Å². The van der Waals surface area contributed by atoms with Gasteiger partial charge in [0.05, 0.1) is 6.26 Å². The van der Waals surface area contributed by atoms with Gasteiger partial charge in [0.15, 0.2) is 6.61 Å². The number of amides is 1. The van der Waals surface area contributed by atoms with E-state index in [0.29, 0.717) is 13.0 Å². The normalized spacial score (nSPS) is 10.5. The third-order valence-electron chi connectivity index (χ3n) is 2.94. The molecule has 1 amide bonds. The van der Waals surface area contributed by atoms with Gasteiger partial charge in [-0.15, -0.1) is 0 Å². The van der Waals surface area contributed by atoms with Crippen LogP contribution in [0.1, 0.15) is 16.1 Å². The largest absolute Gasteiger partial charge is 0.457 e. The highest BCUT2D eigenvalue weighted by molar-refractivity contribution is 5.88. The molecule has 24 heavy (non-hydrogen) atoms. The van der Waals surface area contributed by atoms with Gasteiger partial charge in [-0.2, -0.15) is 8.78 Å². The van der Waals surface area contributed by atoms with E-state index in [9.17, 15) is 18.4 Å². The van der Waals surface area contributed by atoms with Crippen molar-refractivity contribution in [1.29, 1.82) is 0 Å². The molecule has 0 saturated carbocycles. The van der Waals surface area contributed by atoms with Gasteiger partial charge < -0.3 is 19.2 Å². The summed E-state index contributed by atoms with van der Waals surface area (Å²) in [5.41, 5.74) is 0.837. The Labute approximate surface area is 136 Å². The van der Waals surface area contributed by atoms with E-state index in [0.717, 1.165) is 5.56 Å². The van der Waals surface area contributed by atoms with Crippen LogP contribution in [0.4, 0.5) is 8.78 Å². The summed E-state index contributed by atoms with van der Waals surface area (Å²) in [5, 5.41) is 2.58. The molecule has 8 heteroatoms. The van der Waals surface area contributed by atoms with Crippen LogP contribution >= 0.6 is 0 Å². The van der Waals surface area contributed by atoms with Crippen LogP contribution in [0.2, 0.25) is 0 Å². The maximum Gasteiger partial charge on any atom is 0.387 e. The molecular weight excluding hydrogens is 324 g/mol. The van der Waals surface area contributed by atoms with Crippen LogP contribution in [0.5, 0.6) is 5.75 Å². The molecule has 0 aliphatic rings. The molecule has 0 radical (unpaired) electrons. The van der Waals surface area contributed by atoms with Gasteiger partial charge in [0.2, 0.25) is 5.76 Å². The number of ether oxygens (including phenoxy) is 2. The second-order valence-corrected chi connectivity index (χ2v) is 4.68. The molecule has 0 atom stereocenters. The highest BCUT2D eigenvalue weighted by Gasteiger charge is 2.12. The minimum Gasteiger partial charge on any atom is -0.457 e. The first kappa shape index (κ1) is 17.5. The number of hydrogen-bond acceptors (Lipinski definition) is 5. The smallest absolute Gasteiger partial charge is 0.387 e. The van der Waals surface area contributed by atoms with Gasteiger partial charge in [-0.05, 0) is 36.2 Å². The molecule has 1 aromatic carbocycles. The Morgan fingerprint density at radius 1 is 1.17 bits per heavy atom. The maximum absolute atomic E-state index is 12.0. The number of halogens is 2. The number of hydrogen-bond donors (Lipinski definition) is 1. The standard InChI is InChI=1S/C16H15F2NO5/c17-16(18)24-12-5-3-11(4-6-12)7-8-19-14(20)10-23-15(21)13-2-1-9-22-13/h1-6,9,16H,7-8,10H2,(H,19,20). The van der Waals surface area contributed by atoms with Crippen molar-refractivity contribution in [1.82, 2.24) is 5.32 Å². The molecule has 6 nitrogen and oxygen atoms in total. The number of rotatable bonds is 8. The summed E-state index contributed by atoms with van der Waals surface area (Å²) in [6, 6.07) is 9.07. The lowest BCUT2D eigenvalue weighted by Crippen LogP contribution is -2.30. The van der Waals surface area contributed by atoms with E-state index in [1.165, 1.54) is 30.5 Å². The minimum absolute atomic E-state index is 0.0221.